The second-order valence-electron chi connectivity index (χ2n) is 6.92. The Balaban J connectivity index is 1.44. The topological polar surface area (TPSA) is 80.9 Å². The molecule has 1 aliphatic heterocycles. The van der Waals surface area contributed by atoms with E-state index in [1.165, 1.54) is 0 Å². The van der Waals surface area contributed by atoms with Crippen LogP contribution >= 0.6 is 0 Å². The summed E-state index contributed by atoms with van der Waals surface area (Å²) in [6.45, 7) is 5.73. The molecule has 1 aliphatic rings. The molecule has 1 fully saturated rings. The molecule has 28 heavy (non-hydrogen) atoms. The zero-order valence-corrected chi connectivity index (χ0v) is 16.8. The zero-order valence-electron chi connectivity index (χ0n) is 16.8. The Bertz CT molecular complexity index is 784. The maximum atomic E-state index is 12.4. The number of benzene rings is 1. The van der Waals surface area contributed by atoms with Crippen LogP contribution in [0.4, 0.5) is 0 Å². The molecule has 1 aromatic carbocycles. The predicted molar refractivity (Wildman–Crippen MR) is 103 cm³/mol. The highest BCUT2D eigenvalue weighted by Gasteiger charge is 2.22. The third kappa shape index (κ3) is 5.22. The lowest BCUT2D eigenvalue weighted by atomic mass is 10.1. The van der Waals surface area contributed by atoms with Gasteiger partial charge in [-0.2, -0.15) is 4.98 Å². The Morgan fingerprint density at radius 1 is 1.18 bits per heavy atom. The van der Waals surface area contributed by atoms with E-state index in [9.17, 15) is 4.79 Å². The summed E-state index contributed by atoms with van der Waals surface area (Å²) >= 11 is 0. The number of aryl methyl sites for hydroxylation is 2. The SMILES string of the molecule is COc1ccc(OC)c(CN2CCN(C(=O)CCCc3nc(C)no3)CC2)c1. The van der Waals surface area contributed by atoms with Crippen LogP contribution in [0.3, 0.4) is 0 Å². The fourth-order valence-corrected chi connectivity index (χ4v) is 3.39. The van der Waals surface area contributed by atoms with Gasteiger partial charge in [-0.25, -0.2) is 0 Å². The van der Waals surface area contributed by atoms with Crippen molar-refractivity contribution in [3.63, 3.8) is 0 Å². The molecule has 2 aromatic rings. The van der Waals surface area contributed by atoms with E-state index in [0.29, 0.717) is 24.6 Å². The molecule has 1 amide bonds. The lowest BCUT2D eigenvalue weighted by Gasteiger charge is -2.35. The molecule has 0 atom stereocenters. The van der Waals surface area contributed by atoms with Crippen molar-refractivity contribution < 1.29 is 18.8 Å². The molecular formula is C20H28N4O4. The second-order valence-corrected chi connectivity index (χ2v) is 6.92. The van der Waals surface area contributed by atoms with Gasteiger partial charge in [-0.05, 0) is 31.5 Å². The molecule has 0 unspecified atom stereocenters. The first-order valence-corrected chi connectivity index (χ1v) is 9.59. The summed E-state index contributed by atoms with van der Waals surface area (Å²) in [5.41, 5.74) is 1.09. The van der Waals surface area contributed by atoms with Crippen molar-refractivity contribution in [2.75, 3.05) is 40.4 Å². The number of amides is 1. The molecule has 8 heteroatoms. The highest BCUT2D eigenvalue weighted by molar-refractivity contribution is 5.76. The van der Waals surface area contributed by atoms with Gasteiger partial charge in [0.15, 0.2) is 5.82 Å². The first kappa shape index (κ1) is 20.1. The molecule has 1 aromatic heterocycles. The van der Waals surface area contributed by atoms with Gasteiger partial charge in [-0.15, -0.1) is 0 Å². The average Bonchev–Trinajstić information content (AvgIpc) is 3.13. The van der Waals surface area contributed by atoms with E-state index in [2.05, 4.69) is 15.0 Å². The quantitative estimate of drug-likeness (QED) is 0.685. The van der Waals surface area contributed by atoms with Crippen LogP contribution in [0.25, 0.3) is 0 Å². The van der Waals surface area contributed by atoms with E-state index in [1.807, 2.05) is 23.1 Å². The fourth-order valence-electron chi connectivity index (χ4n) is 3.39. The Morgan fingerprint density at radius 3 is 2.61 bits per heavy atom. The van der Waals surface area contributed by atoms with Crippen molar-refractivity contribution in [3.05, 3.63) is 35.5 Å². The largest absolute Gasteiger partial charge is 0.497 e. The van der Waals surface area contributed by atoms with Crippen LogP contribution in [0.15, 0.2) is 22.7 Å². The standard InChI is InChI=1S/C20H28N4O4/c1-15-21-19(28-22-15)5-4-6-20(25)24-11-9-23(10-12-24)14-16-13-17(26-2)7-8-18(16)27-3/h7-8,13H,4-6,9-12,14H2,1-3H3. The minimum Gasteiger partial charge on any atom is -0.497 e. The Labute approximate surface area is 165 Å². The van der Waals surface area contributed by atoms with Crippen molar-refractivity contribution >= 4 is 5.91 Å². The second kappa shape index (κ2) is 9.54. The highest BCUT2D eigenvalue weighted by Crippen LogP contribution is 2.25. The Kier molecular flexibility index (Phi) is 6.86. The van der Waals surface area contributed by atoms with Crippen LogP contribution in [0, 0.1) is 6.92 Å². The van der Waals surface area contributed by atoms with Gasteiger partial charge < -0.3 is 18.9 Å². The van der Waals surface area contributed by atoms with Gasteiger partial charge in [-0.1, -0.05) is 5.16 Å². The number of carbonyl (C=O) groups excluding carboxylic acids is 1. The summed E-state index contributed by atoms with van der Waals surface area (Å²) < 4.78 is 15.9. The third-order valence-corrected chi connectivity index (χ3v) is 4.96. The van der Waals surface area contributed by atoms with E-state index < -0.39 is 0 Å². The van der Waals surface area contributed by atoms with Gasteiger partial charge in [0.1, 0.15) is 11.5 Å². The number of ether oxygens (including phenoxy) is 2. The summed E-state index contributed by atoms with van der Waals surface area (Å²) in [5, 5.41) is 3.77. The number of carbonyl (C=O) groups is 1. The van der Waals surface area contributed by atoms with Crippen LogP contribution in [0.1, 0.15) is 30.1 Å². The molecule has 3 rings (SSSR count). The first-order chi connectivity index (χ1) is 13.6. The van der Waals surface area contributed by atoms with Crippen molar-refractivity contribution in [3.8, 4) is 11.5 Å². The molecule has 0 radical (unpaired) electrons. The molecule has 8 nitrogen and oxygen atoms in total. The number of piperazine rings is 1. The molecule has 0 N–H and O–H groups in total. The maximum absolute atomic E-state index is 12.4. The molecule has 0 bridgehead atoms. The van der Waals surface area contributed by atoms with E-state index in [0.717, 1.165) is 56.2 Å². The third-order valence-electron chi connectivity index (χ3n) is 4.96. The van der Waals surface area contributed by atoms with Crippen LogP contribution in [0.5, 0.6) is 11.5 Å². The van der Waals surface area contributed by atoms with E-state index in [-0.39, 0.29) is 5.91 Å². The number of hydrogen-bond donors (Lipinski definition) is 0. The average molecular weight is 388 g/mol. The molecule has 152 valence electrons. The zero-order chi connectivity index (χ0) is 19.9. The minimum atomic E-state index is 0.190. The van der Waals surface area contributed by atoms with Gasteiger partial charge in [0.05, 0.1) is 14.2 Å². The lowest BCUT2D eigenvalue weighted by molar-refractivity contribution is -0.133. The van der Waals surface area contributed by atoms with Gasteiger partial charge in [0.25, 0.3) is 0 Å². The smallest absolute Gasteiger partial charge is 0.226 e. The van der Waals surface area contributed by atoms with Gasteiger partial charge in [0.2, 0.25) is 11.8 Å². The number of methoxy groups -OCH3 is 2. The van der Waals surface area contributed by atoms with E-state index in [4.69, 9.17) is 14.0 Å². The van der Waals surface area contributed by atoms with Crippen molar-refractivity contribution in [2.24, 2.45) is 0 Å². The van der Waals surface area contributed by atoms with Crippen molar-refractivity contribution in [2.45, 2.75) is 32.7 Å². The molecular weight excluding hydrogens is 360 g/mol. The maximum Gasteiger partial charge on any atom is 0.226 e. The van der Waals surface area contributed by atoms with Crippen LogP contribution < -0.4 is 9.47 Å². The number of hydrogen-bond acceptors (Lipinski definition) is 7. The normalized spacial score (nSPS) is 14.9. The summed E-state index contributed by atoms with van der Waals surface area (Å²) in [4.78, 5) is 20.9. The van der Waals surface area contributed by atoms with Gasteiger partial charge in [0, 0.05) is 51.1 Å². The van der Waals surface area contributed by atoms with Crippen LogP contribution in [-0.2, 0) is 17.8 Å². The lowest BCUT2D eigenvalue weighted by Crippen LogP contribution is -2.48. The predicted octanol–water partition coefficient (Wildman–Crippen LogP) is 2.06. The minimum absolute atomic E-state index is 0.190. The highest BCUT2D eigenvalue weighted by atomic mass is 16.5. The molecule has 0 saturated carbocycles. The van der Waals surface area contributed by atoms with Crippen LogP contribution in [0.2, 0.25) is 0 Å². The number of nitrogens with zero attached hydrogens (tertiary/aromatic N) is 4. The Hall–Kier alpha value is -2.61. The monoisotopic (exact) mass is 388 g/mol. The summed E-state index contributed by atoms with van der Waals surface area (Å²) in [6.07, 6.45) is 1.87. The first-order valence-electron chi connectivity index (χ1n) is 9.59. The van der Waals surface area contributed by atoms with E-state index >= 15 is 0 Å². The molecule has 1 saturated heterocycles. The summed E-state index contributed by atoms with van der Waals surface area (Å²) in [6, 6.07) is 5.84. The van der Waals surface area contributed by atoms with Gasteiger partial charge in [-0.3, -0.25) is 9.69 Å². The van der Waals surface area contributed by atoms with Gasteiger partial charge >= 0.3 is 0 Å². The van der Waals surface area contributed by atoms with Crippen molar-refractivity contribution in [1.82, 2.24) is 19.9 Å². The van der Waals surface area contributed by atoms with E-state index in [1.54, 1.807) is 21.1 Å². The number of rotatable bonds is 8. The summed E-state index contributed by atoms with van der Waals surface area (Å²) in [5.74, 6) is 3.10. The summed E-state index contributed by atoms with van der Waals surface area (Å²) in [7, 11) is 3.34. The van der Waals surface area contributed by atoms with Crippen LogP contribution in [-0.4, -0.2) is 66.2 Å². The Morgan fingerprint density at radius 2 is 1.96 bits per heavy atom. The molecule has 0 spiro atoms. The molecule has 2 heterocycles. The number of aromatic nitrogens is 2. The van der Waals surface area contributed by atoms with Crippen molar-refractivity contribution in [1.29, 1.82) is 0 Å². The molecule has 0 aliphatic carbocycles. The fraction of sp³-hybridized carbons (Fsp3) is 0.550.